The Hall–Kier alpha value is -1.75. The van der Waals surface area contributed by atoms with Gasteiger partial charge in [0.15, 0.2) is 0 Å². The van der Waals surface area contributed by atoms with Crippen LogP contribution in [0.2, 0.25) is 0 Å². The van der Waals surface area contributed by atoms with E-state index in [-0.39, 0.29) is 5.92 Å². The molecule has 1 N–H and O–H groups in total. The predicted molar refractivity (Wildman–Crippen MR) is 87.4 cm³/mol. The summed E-state index contributed by atoms with van der Waals surface area (Å²) in [7, 11) is 1.68. The average molecular weight is 303 g/mol. The van der Waals surface area contributed by atoms with Crippen molar-refractivity contribution in [2.75, 3.05) is 51.3 Å². The van der Waals surface area contributed by atoms with Crippen LogP contribution in [0.25, 0.3) is 0 Å². The lowest BCUT2D eigenvalue weighted by molar-refractivity contribution is -0.136. The van der Waals surface area contributed by atoms with Gasteiger partial charge in [-0.2, -0.15) is 0 Å². The van der Waals surface area contributed by atoms with Gasteiger partial charge < -0.3 is 19.9 Å². The summed E-state index contributed by atoms with van der Waals surface area (Å²) in [6.07, 6.45) is 1.97. The van der Waals surface area contributed by atoms with Crippen molar-refractivity contribution in [1.82, 2.24) is 10.2 Å². The molecule has 5 nitrogen and oxygen atoms in total. The molecule has 2 fully saturated rings. The van der Waals surface area contributed by atoms with Crippen molar-refractivity contribution < 1.29 is 9.53 Å². The number of piperidine rings is 1. The monoisotopic (exact) mass is 303 g/mol. The number of hydrogen-bond acceptors (Lipinski definition) is 4. The molecule has 0 radical (unpaired) electrons. The second kappa shape index (κ2) is 7.01. The van der Waals surface area contributed by atoms with E-state index in [9.17, 15) is 4.79 Å². The number of hydrogen-bond donors (Lipinski definition) is 1. The molecule has 1 amide bonds. The molecule has 2 heterocycles. The van der Waals surface area contributed by atoms with Crippen LogP contribution >= 0.6 is 0 Å². The lowest BCUT2D eigenvalue weighted by Crippen LogP contribution is -2.51. The molecular weight excluding hydrogens is 278 g/mol. The Morgan fingerprint density at radius 2 is 1.73 bits per heavy atom. The molecule has 1 aromatic carbocycles. The van der Waals surface area contributed by atoms with Crippen molar-refractivity contribution >= 4 is 11.6 Å². The van der Waals surface area contributed by atoms with Gasteiger partial charge in [-0.05, 0) is 50.2 Å². The van der Waals surface area contributed by atoms with Crippen LogP contribution in [0.15, 0.2) is 24.3 Å². The summed E-state index contributed by atoms with van der Waals surface area (Å²) >= 11 is 0. The zero-order valence-corrected chi connectivity index (χ0v) is 13.3. The SMILES string of the molecule is COc1ccc(N2CCN(C(=O)C3CCNCC3)CC2)cc1. The van der Waals surface area contributed by atoms with E-state index in [1.807, 2.05) is 12.1 Å². The Morgan fingerprint density at radius 1 is 1.09 bits per heavy atom. The first-order chi connectivity index (χ1) is 10.8. The van der Waals surface area contributed by atoms with Gasteiger partial charge in [0.2, 0.25) is 5.91 Å². The maximum absolute atomic E-state index is 12.5. The first kappa shape index (κ1) is 15.2. The molecule has 2 saturated heterocycles. The molecule has 22 heavy (non-hydrogen) atoms. The predicted octanol–water partition coefficient (Wildman–Crippen LogP) is 1.34. The van der Waals surface area contributed by atoms with Crippen LogP contribution in [-0.4, -0.2) is 57.2 Å². The number of anilines is 1. The number of carbonyl (C=O) groups excluding carboxylic acids is 1. The number of carbonyl (C=O) groups is 1. The number of piperazine rings is 1. The zero-order chi connectivity index (χ0) is 15.4. The molecule has 120 valence electrons. The van der Waals surface area contributed by atoms with Crippen LogP contribution < -0.4 is 15.0 Å². The van der Waals surface area contributed by atoms with Gasteiger partial charge in [0, 0.05) is 37.8 Å². The Balaban J connectivity index is 1.54. The molecule has 2 aliphatic rings. The van der Waals surface area contributed by atoms with Crippen molar-refractivity contribution in [3.63, 3.8) is 0 Å². The van der Waals surface area contributed by atoms with E-state index in [1.165, 1.54) is 5.69 Å². The molecule has 3 rings (SSSR count). The van der Waals surface area contributed by atoms with Crippen molar-refractivity contribution in [3.05, 3.63) is 24.3 Å². The Bertz CT molecular complexity index is 489. The maximum Gasteiger partial charge on any atom is 0.225 e. The number of nitrogens with one attached hydrogen (secondary N) is 1. The summed E-state index contributed by atoms with van der Waals surface area (Å²) < 4.78 is 5.20. The van der Waals surface area contributed by atoms with Gasteiger partial charge in [0.05, 0.1) is 7.11 Å². The Labute approximate surface area is 132 Å². The highest BCUT2D eigenvalue weighted by molar-refractivity contribution is 5.79. The van der Waals surface area contributed by atoms with Crippen LogP contribution in [0.3, 0.4) is 0 Å². The van der Waals surface area contributed by atoms with Crippen LogP contribution in [0.5, 0.6) is 5.75 Å². The smallest absolute Gasteiger partial charge is 0.225 e. The summed E-state index contributed by atoms with van der Waals surface area (Å²) in [5, 5.41) is 3.32. The van der Waals surface area contributed by atoms with E-state index in [4.69, 9.17) is 4.74 Å². The lowest BCUT2D eigenvalue weighted by atomic mass is 9.96. The Kier molecular flexibility index (Phi) is 4.83. The number of rotatable bonds is 3. The van der Waals surface area contributed by atoms with Crippen LogP contribution in [0, 0.1) is 5.92 Å². The summed E-state index contributed by atoms with van der Waals surface area (Å²) in [6.45, 7) is 5.42. The van der Waals surface area contributed by atoms with E-state index in [0.29, 0.717) is 5.91 Å². The van der Waals surface area contributed by atoms with E-state index in [1.54, 1.807) is 7.11 Å². The van der Waals surface area contributed by atoms with Gasteiger partial charge in [-0.1, -0.05) is 0 Å². The molecule has 0 atom stereocenters. The van der Waals surface area contributed by atoms with Crippen LogP contribution in [0.4, 0.5) is 5.69 Å². The van der Waals surface area contributed by atoms with Gasteiger partial charge in [-0.25, -0.2) is 0 Å². The number of methoxy groups -OCH3 is 1. The van der Waals surface area contributed by atoms with Crippen molar-refractivity contribution in [1.29, 1.82) is 0 Å². The zero-order valence-electron chi connectivity index (χ0n) is 13.3. The summed E-state index contributed by atoms with van der Waals surface area (Å²) in [6, 6.07) is 8.15. The topological polar surface area (TPSA) is 44.8 Å². The molecule has 0 aromatic heterocycles. The normalized spacial score (nSPS) is 20.0. The van der Waals surface area contributed by atoms with E-state index in [0.717, 1.165) is 57.9 Å². The molecule has 0 bridgehead atoms. The van der Waals surface area contributed by atoms with Crippen molar-refractivity contribution in [2.24, 2.45) is 5.92 Å². The van der Waals surface area contributed by atoms with Gasteiger partial charge in [0.1, 0.15) is 5.75 Å². The third-order valence-electron chi connectivity index (χ3n) is 4.72. The van der Waals surface area contributed by atoms with E-state index >= 15 is 0 Å². The fraction of sp³-hybridized carbons (Fsp3) is 0.588. The highest BCUT2D eigenvalue weighted by atomic mass is 16.5. The van der Waals surface area contributed by atoms with Gasteiger partial charge in [-0.15, -0.1) is 0 Å². The average Bonchev–Trinajstić information content (AvgIpc) is 2.62. The second-order valence-corrected chi connectivity index (χ2v) is 6.03. The highest BCUT2D eigenvalue weighted by Crippen LogP contribution is 2.22. The molecule has 2 aliphatic heterocycles. The minimum Gasteiger partial charge on any atom is -0.497 e. The number of nitrogens with zero attached hydrogens (tertiary/aromatic N) is 2. The van der Waals surface area contributed by atoms with Gasteiger partial charge in [0.25, 0.3) is 0 Å². The van der Waals surface area contributed by atoms with Gasteiger partial charge >= 0.3 is 0 Å². The minimum atomic E-state index is 0.230. The molecule has 0 saturated carbocycles. The number of amides is 1. The molecule has 0 unspecified atom stereocenters. The fourth-order valence-corrected chi connectivity index (χ4v) is 3.31. The van der Waals surface area contributed by atoms with E-state index in [2.05, 4.69) is 27.2 Å². The number of benzene rings is 1. The van der Waals surface area contributed by atoms with Crippen LogP contribution in [0.1, 0.15) is 12.8 Å². The molecule has 5 heteroatoms. The quantitative estimate of drug-likeness (QED) is 0.915. The summed E-state index contributed by atoms with van der Waals surface area (Å²) in [5.41, 5.74) is 1.20. The maximum atomic E-state index is 12.5. The molecule has 0 aliphatic carbocycles. The van der Waals surface area contributed by atoms with Gasteiger partial charge in [-0.3, -0.25) is 4.79 Å². The third kappa shape index (κ3) is 3.35. The summed E-state index contributed by atoms with van der Waals surface area (Å²) in [4.78, 5) is 16.9. The van der Waals surface area contributed by atoms with Crippen molar-refractivity contribution in [2.45, 2.75) is 12.8 Å². The van der Waals surface area contributed by atoms with Crippen molar-refractivity contribution in [3.8, 4) is 5.75 Å². The first-order valence-corrected chi connectivity index (χ1v) is 8.16. The third-order valence-corrected chi connectivity index (χ3v) is 4.72. The highest BCUT2D eigenvalue weighted by Gasteiger charge is 2.28. The number of ether oxygens (including phenoxy) is 1. The van der Waals surface area contributed by atoms with Crippen LogP contribution in [-0.2, 0) is 4.79 Å². The minimum absolute atomic E-state index is 0.230. The summed E-state index contributed by atoms with van der Waals surface area (Å²) in [5.74, 6) is 1.47. The lowest BCUT2D eigenvalue weighted by Gasteiger charge is -2.38. The van der Waals surface area contributed by atoms with E-state index < -0.39 is 0 Å². The standard InChI is InChI=1S/C17H25N3O2/c1-22-16-4-2-15(3-5-16)19-10-12-20(13-11-19)17(21)14-6-8-18-9-7-14/h2-5,14,18H,6-13H2,1H3. The largest absolute Gasteiger partial charge is 0.497 e. The first-order valence-electron chi connectivity index (χ1n) is 8.16. The Morgan fingerprint density at radius 3 is 2.32 bits per heavy atom. The molecule has 1 aromatic rings. The second-order valence-electron chi connectivity index (χ2n) is 6.03. The molecule has 0 spiro atoms. The fourth-order valence-electron chi connectivity index (χ4n) is 3.31. The molecular formula is C17H25N3O2.